The van der Waals surface area contributed by atoms with Crippen molar-refractivity contribution in [2.45, 2.75) is 39.4 Å². The Hall–Kier alpha value is -1.49. The Labute approximate surface area is 167 Å². The van der Waals surface area contributed by atoms with Crippen molar-refractivity contribution in [1.82, 2.24) is 29.1 Å². The van der Waals surface area contributed by atoms with Gasteiger partial charge in [-0.3, -0.25) is 0 Å². The number of hydrogen-bond donors (Lipinski definition) is 0. The molecule has 0 N–H and O–H groups in total. The monoisotopic (exact) mass is 420 g/mol. The van der Waals surface area contributed by atoms with E-state index in [-0.39, 0.29) is 0 Å². The lowest BCUT2D eigenvalue weighted by Gasteiger charge is -2.01. The smallest absolute Gasteiger partial charge is 0.198 e. The first-order valence-corrected chi connectivity index (χ1v) is 11.4. The van der Waals surface area contributed by atoms with E-state index in [2.05, 4.69) is 44.5 Å². The molecule has 0 unspecified atom stereocenters. The Kier molecular flexibility index (Phi) is 5.25. The van der Waals surface area contributed by atoms with Gasteiger partial charge in [0.15, 0.2) is 13.8 Å². The molecule has 4 rings (SSSR count). The number of fused-ring (bicyclic) bond motifs is 1. The molecule has 6 nitrogen and oxygen atoms in total. The van der Waals surface area contributed by atoms with E-state index in [1.54, 1.807) is 23.1 Å². The van der Waals surface area contributed by atoms with Crippen LogP contribution in [0.25, 0.3) is 10.2 Å². The maximum atomic E-state index is 4.65. The van der Waals surface area contributed by atoms with Crippen LogP contribution in [0, 0.1) is 0 Å². The minimum Gasteiger partial charge on any atom is -0.308 e. The van der Waals surface area contributed by atoms with Crippen LogP contribution in [0.15, 0.2) is 38.1 Å². The Balaban J connectivity index is 1.44. The number of nitrogens with zero attached hydrogens (tertiary/aromatic N) is 6. The van der Waals surface area contributed by atoms with Gasteiger partial charge in [0.2, 0.25) is 0 Å². The van der Waals surface area contributed by atoms with Crippen LogP contribution >= 0.6 is 46.4 Å². The molecule has 134 valence electrons. The van der Waals surface area contributed by atoms with Gasteiger partial charge in [-0.25, -0.2) is 9.97 Å². The predicted octanol–water partition coefficient (Wildman–Crippen LogP) is 4.84. The highest BCUT2D eigenvalue weighted by molar-refractivity contribution is 8.01. The summed E-state index contributed by atoms with van der Waals surface area (Å²) in [6.07, 6.45) is 0. The van der Waals surface area contributed by atoms with Gasteiger partial charge in [0.05, 0.1) is 16.0 Å². The third kappa shape index (κ3) is 3.78. The molecule has 0 radical (unpaired) electrons. The molecule has 1 aromatic carbocycles. The summed E-state index contributed by atoms with van der Waals surface area (Å²) in [6.45, 7) is 4.19. The van der Waals surface area contributed by atoms with E-state index in [9.17, 15) is 0 Å². The number of thioether (sulfide) groups is 1. The van der Waals surface area contributed by atoms with Crippen LogP contribution < -0.4 is 0 Å². The van der Waals surface area contributed by atoms with Gasteiger partial charge in [-0.1, -0.05) is 37.7 Å². The molecule has 0 aliphatic heterocycles. The summed E-state index contributed by atoms with van der Waals surface area (Å²) in [5.41, 5.74) is 1.05. The van der Waals surface area contributed by atoms with E-state index in [0.29, 0.717) is 5.92 Å². The van der Waals surface area contributed by atoms with Gasteiger partial charge in [-0.05, 0) is 35.4 Å². The Morgan fingerprint density at radius 1 is 1.12 bits per heavy atom. The number of rotatable bonds is 6. The first-order chi connectivity index (χ1) is 12.6. The highest BCUT2D eigenvalue weighted by Crippen LogP contribution is 2.33. The summed E-state index contributed by atoms with van der Waals surface area (Å²) in [5, 5.41) is 9.46. The fourth-order valence-electron chi connectivity index (χ4n) is 2.17. The number of para-hydroxylation sites is 1. The summed E-state index contributed by atoms with van der Waals surface area (Å²) < 4.78 is 9.56. The molecule has 4 aromatic rings. The van der Waals surface area contributed by atoms with E-state index < -0.39 is 0 Å². The van der Waals surface area contributed by atoms with Gasteiger partial charge < -0.3 is 4.57 Å². The van der Waals surface area contributed by atoms with E-state index in [1.165, 1.54) is 28.0 Å². The van der Waals surface area contributed by atoms with Gasteiger partial charge in [0.25, 0.3) is 0 Å². The summed E-state index contributed by atoms with van der Waals surface area (Å²) in [5.74, 6) is 2.87. The number of aromatic nitrogens is 6. The third-order valence-corrected chi connectivity index (χ3v) is 7.62. The van der Waals surface area contributed by atoms with Crippen molar-refractivity contribution in [2.75, 3.05) is 0 Å². The summed E-state index contributed by atoms with van der Waals surface area (Å²) >= 11 is 6.32. The highest BCUT2D eigenvalue weighted by atomic mass is 32.2. The maximum absolute atomic E-state index is 4.65. The largest absolute Gasteiger partial charge is 0.308 e. The molecule has 0 saturated carbocycles. The van der Waals surface area contributed by atoms with Gasteiger partial charge in [-0.2, -0.15) is 4.37 Å². The number of hydrogen-bond acceptors (Lipinski definition) is 9. The van der Waals surface area contributed by atoms with Crippen molar-refractivity contribution in [3.05, 3.63) is 35.9 Å². The molecule has 0 aliphatic rings. The van der Waals surface area contributed by atoms with Gasteiger partial charge >= 0.3 is 0 Å². The van der Waals surface area contributed by atoms with Crippen LogP contribution in [-0.4, -0.2) is 29.1 Å². The predicted molar refractivity (Wildman–Crippen MR) is 108 cm³/mol. The zero-order chi connectivity index (χ0) is 18.1. The molecule has 3 aromatic heterocycles. The topological polar surface area (TPSA) is 69.4 Å². The molecule has 0 spiro atoms. The molecule has 3 heterocycles. The zero-order valence-electron chi connectivity index (χ0n) is 14.4. The minimum atomic E-state index is 0.334. The second-order valence-electron chi connectivity index (χ2n) is 5.87. The second-order valence-corrected chi connectivity index (χ2v) is 10.1. The lowest BCUT2D eigenvalue weighted by Crippen LogP contribution is -1.97. The lowest BCUT2D eigenvalue weighted by atomic mass is 10.2. The Bertz CT molecular complexity index is 1000. The second kappa shape index (κ2) is 7.63. The normalized spacial score (nSPS) is 11.7. The van der Waals surface area contributed by atoms with Crippen LogP contribution in [0.2, 0.25) is 0 Å². The number of benzene rings is 1. The molecule has 0 saturated heterocycles. The Morgan fingerprint density at radius 2 is 1.96 bits per heavy atom. The minimum absolute atomic E-state index is 0.334. The van der Waals surface area contributed by atoms with Crippen molar-refractivity contribution >= 4 is 56.6 Å². The van der Waals surface area contributed by atoms with Gasteiger partial charge in [-0.15, -0.1) is 21.5 Å². The van der Waals surface area contributed by atoms with Crippen LogP contribution in [0.3, 0.4) is 0 Å². The van der Waals surface area contributed by atoms with E-state index in [0.717, 1.165) is 36.8 Å². The summed E-state index contributed by atoms with van der Waals surface area (Å²) in [4.78, 5) is 9.20. The molecular formula is C16H16N6S4. The van der Waals surface area contributed by atoms with Crippen LogP contribution in [0.1, 0.15) is 31.4 Å². The fraction of sp³-hybridized carbons (Fsp3) is 0.312. The van der Waals surface area contributed by atoms with Crippen LogP contribution in [-0.2, 0) is 12.8 Å². The molecule has 0 fully saturated rings. The summed E-state index contributed by atoms with van der Waals surface area (Å²) in [7, 11) is 1.99. The fourth-order valence-corrected chi connectivity index (χ4v) is 5.88. The summed E-state index contributed by atoms with van der Waals surface area (Å²) in [6, 6.07) is 8.20. The van der Waals surface area contributed by atoms with Crippen molar-refractivity contribution in [2.24, 2.45) is 7.05 Å². The molecule has 0 amide bonds. The van der Waals surface area contributed by atoms with E-state index in [1.807, 2.05) is 29.8 Å². The van der Waals surface area contributed by atoms with Crippen molar-refractivity contribution in [1.29, 1.82) is 0 Å². The van der Waals surface area contributed by atoms with E-state index >= 15 is 0 Å². The van der Waals surface area contributed by atoms with Crippen molar-refractivity contribution in [3.8, 4) is 0 Å². The van der Waals surface area contributed by atoms with Crippen molar-refractivity contribution < 1.29 is 0 Å². The van der Waals surface area contributed by atoms with Crippen LogP contribution in [0.4, 0.5) is 0 Å². The highest BCUT2D eigenvalue weighted by Gasteiger charge is 2.15. The molecule has 0 bridgehead atoms. The van der Waals surface area contributed by atoms with Gasteiger partial charge in [0, 0.05) is 13.0 Å². The molecular weight excluding hydrogens is 404 g/mol. The average Bonchev–Trinajstić information content (AvgIpc) is 3.33. The number of thiazole rings is 1. The first-order valence-electron chi connectivity index (χ1n) is 7.98. The zero-order valence-corrected chi connectivity index (χ0v) is 17.7. The van der Waals surface area contributed by atoms with Gasteiger partial charge in [0.1, 0.15) is 11.6 Å². The maximum Gasteiger partial charge on any atom is 0.198 e. The van der Waals surface area contributed by atoms with E-state index in [4.69, 9.17) is 0 Å². The van der Waals surface area contributed by atoms with Crippen LogP contribution in [0.5, 0.6) is 0 Å². The third-order valence-electron chi connectivity index (χ3n) is 3.64. The Morgan fingerprint density at radius 3 is 2.73 bits per heavy atom. The molecule has 0 atom stereocenters. The SMILES string of the molecule is CC(C)c1nsc(Sc2nnc(CSc3nc4ccccc4s3)n2C)n1. The quantitative estimate of drug-likeness (QED) is 0.413. The standard InChI is InChI=1S/C16H16N6S4/c1-9(2)13-18-16(26-21-13)25-14-20-19-12(22(14)3)8-23-15-17-10-6-4-5-7-11(10)24-15/h4-7,9H,8H2,1-3H3. The first kappa shape index (κ1) is 17.9. The molecule has 0 aliphatic carbocycles. The van der Waals surface area contributed by atoms with Crippen molar-refractivity contribution in [3.63, 3.8) is 0 Å². The molecule has 10 heteroatoms. The average molecular weight is 421 g/mol. The lowest BCUT2D eigenvalue weighted by molar-refractivity contribution is 0.759. The molecule has 26 heavy (non-hydrogen) atoms.